The Kier molecular flexibility index (Phi) is 3.65. The molecular formula is C12H19NO3. The summed E-state index contributed by atoms with van der Waals surface area (Å²) < 4.78 is 15.9. The Hall–Kier alpha value is -1.42. The van der Waals surface area contributed by atoms with Crippen molar-refractivity contribution in [2.75, 3.05) is 21.3 Å². The van der Waals surface area contributed by atoms with Gasteiger partial charge in [-0.15, -0.1) is 0 Å². The maximum atomic E-state index is 6.12. The van der Waals surface area contributed by atoms with Crippen molar-refractivity contribution in [2.24, 2.45) is 5.73 Å². The Labute approximate surface area is 96.3 Å². The van der Waals surface area contributed by atoms with E-state index in [1.165, 1.54) is 0 Å². The number of hydrogen-bond acceptors (Lipinski definition) is 4. The van der Waals surface area contributed by atoms with Crippen molar-refractivity contribution >= 4 is 0 Å². The SMILES string of the molecule is COc1ccc(OC)c(C(C)(C)N)c1OC. The fourth-order valence-electron chi connectivity index (χ4n) is 1.69. The Morgan fingerprint density at radius 2 is 1.44 bits per heavy atom. The molecule has 0 radical (unpaired) electrons. The number of benzene rings is 1. The number of ether oxygens (including phenoxy) is 3. The molecule has 0 spiro atoms. The van der Waals surface area contributed by atoms with E-state index in [0.29, 0.717) is 17.2 Å². The zero-order valence-corrected chi connectivity index (χ0v) is 10.5. The standard InChI is InChI=1S/C12H19NO3/c1-12(2,13)10-8(14-3)6-7-9(15-4)11(10)16-5/h6-7H,13H2,1-5H3. The minimum absolute atomic E-state index is 0.564. The maximum absolute atomic E-state index is 6.12. The van der Waals surface area contributed by atoms with Gasteiger partial charge in [-0.2, -0.15) is 0 Å². The van der Waals surface area contributed by atoms with Crippen molar-refractivity contribution in [2.45, 2.75) is 19.4 Å². The summed E-state index contributed by atoms with van der Waals surface area (Å²) >= 11 is 0. The summed E-state index contributed by atoms with van der Waals surface area (Å²) in [6.07, 6.45) is 0. The van der Waals surface area contributed by atoms with E-state index in [1.54, 1.807) is 27.4 Å². The van der Waals surface area contributed by atoms with E-state index >= 15 is 0 Å². The first-order valence-corrected chi connectivity index (χ1v) is 5.04. The van der Waals surface area contributed by atoms with Crippen LogP contribution in [0.15, 0.2) is 12.1 Å². The van der Waals surface area contributed by atoms with Gasteiger partial charge in [0.1, 0.15) is 5.75 Å². The van der Waals surface area contributed by atoms with Crippen LogP contribution in [0.2, 0.25) is 0 Å². The summed E-state index contributed by atoms with van der Waals surface area (Å²) in [6, 6.07) is 3.62. The monoisotopic (exact) mass is 225 g/mol. The van der Waals surface area contributed by atoms with Gasteiger partial charge in [-0.05, 0) is 26.0 Å². The van der Waals surface area contributed by atoms with E-state index in [1.807, 2.05) is 19.9 Å². The third kappa shape index (κ3) is 2.22. The van der Waals surface area contributed by atoms with E-state index in [2.05, 4.69) is 0 Å². The molecule has 0 heterocycles. The third-order valence-electron chi connectivity index (χ3n) is 2.37. The minimum atomic E-state index is -0.564. The van der Waals surface area contributed by atoms with Gasteiger partial charge in [0.15, 0.2) is 11.5 Å². The van der Waals surface area contributed by atoms with E-state index in [9.17, 15) is 0 Å². The first kappa shape index (κ1) is 12.6. The fraction of sp³-hybridized carbons (Fsp3) is 0.500. The second-order valence-electron chi connectivity index (χ2n) is 4.10. The Morgan fingerprint density at radius 1 is 0.938 bits per heavy atom. The average Bonchev–Trinajstić information content (AvgIpc) is 2.25. The molecule has 1 aromatic carbocycles. The van der Waals surface area contributed by atoms with Gasteiger partial charge in [-0.3, -0.25) is 0 Å². The topological polar surface area (TPSA) is 53.7 Å². The predicted octanol–water partition coefficient (Wildman–Crippen LogP) is 1.91. The predicted molar refractivity (Wildman–Crippen MR) is 63.3 cm³/mol. The highest BCUT2D eigenvalue weighted by Gasteiger charge is 2.26. The lowest BCUT2D eigenvalue weighted by Gasteiger charge is -2.25. The van der Waals surface area contributed by atoms with Gasteiger partial charge in [0.2, 0.25) is 0 Å². The Balaban J connectivity index is 3.49. The molecule has 0 aliphatic carbocycles. The molecule has 16 heavy (non-hydrogen) atoms. The minimum Gasteiger partial charge on any atom is -0.496 e. The average molecular weight is 225 g/mol. The molecule has 0 atom stereocenters. The Bertz CT molecular complexity index is 369. The van der Waals surface area contributed by atoms with Crippen molar-refractivity contribution in [3.63, 3.8) is 0 Å². The lowest BCUT2D eigenvalue weighted by molar-refractivity contribution is 0.331. The van der Waals surface area contributed by atoms with Crippen LogP contribution in [-0.2, 0) is 5.54 Å². The summed E-state index contributed by atoms with van der Waals surface area (Å²) in [5, 5.41) is 0. The number of methoxy groups -OCH3 is 3. The van der Waals surface area contributed by atoms with Gasteiger partial charge in [-0.1, -0.05) is 0 Å². The summed E-state index contributed by atoms with van der Waals surface area (Å²) in [5.41, 5.74) is 6.36. The normalized spacial score (nSPS) is 11.1. The molecule has 0 fully saturated rings. The van der Waals surface area contributed by atoms with Crippen LogP contribution in [0, 0.1) is 0 Å². The van der Waals surface area contributed by atoms with Crippen LogP contribution in [0.25, 0.3) is 0 Å². The van der Waals surface area contributed by atoms with Crippen LogP contribution in [0.1, 0.15) is 19.4 Å². The smallest absolute Gasteiger partial charge is 0.169 e. The molecule has 4 heteroatoms. The molecule has 0 aliphatic heterocycles. The van der Waals surface area contributed by atoms with Gasteiger partial charge in [0.05, 0.1) is 26.9 Å². The molecular weight excluding hydrogens is 206 g/mol. The van der Waals surface area contributed by atoms with E-state index in [-0.39, 0.29) is 0 Å². The molecule has 0 unspecified atom stereocenters. The van der Waals surface area contributed by atoms with Crippen LogP contribution in [0.4, 0.5) is 0 Å². The summed E-state index contributed by atoms with van der Waals surface area (Å²) in [4.78, 5) is 0. The van der Waals surface area contributed by atoms with E-state index in [0.717, 1.165) is 5.56 Å². The second-order valence-corrected chi connectivity index (χ2v) is 4.10. The maximum Gasteiger partial charge on any atom is 0.169 e. The van der Waals surface area contributed by atoms with Crippen LogP contribution in [0.3, 0.4) is 0 Å². The molecule has 4 nitrogen and oxygen atoms in total. The van der Waals surface area contributed by atoms with Gasteiger partial charge in [0, 0.05) is 5.54 Å². The van der Waals surface area contributed by atoms with Crippen LogP contribution < -0.4 is 19.9 Å². The molecule has 0 bridgehead atoms. The summed E-state index contributed by atoms with van der Waals surface area (Å²) in [6.45, 7) is 3.79. The van der Waals surface area contributed by atoms with Gasteiger partial charge in [0.25, 0.3) is 0 Å². The molecule has 1 aromatic rings. The zero-order chi connectivity index (χ0) is 12.3. The lowest BCUT2D eigenvalue weighted by Crippen LogP contribution is -2.30. The molecule has 0 saturated carbocycles. The highest BCUT2D eigenvalue weighted by Crippen LogP contribution is 2.42. The van der Waals surface area contributed by atoms with Crippen LogP contribution in [0.5, 0.6) is 17.2 Å². The van der Waals surface area contributed by atoms with Crippen LogP contribution in [-0.4, -0.2) is 21.3 Å². The molecule has 0 aliphatic rings. The summed E-state index contributed by atoms with van der Waals surface area (Å²) in [5.74, 6) is 1.97. The second kappa shape index (κ2) is 4.61. The van der Waals surface area contributed by atoms with Crippen LogP contribution >= 0.6 is 0 Å². The van der Waals surface area contributed by atoms with Crippen molar-refractivity contribution in [3.05, 3.63) is 17.7 Å². The van der Waals surface area contributed by atoms with E-state index < -0.39 is 5.54 Å². The molecule has 2 N–H and O–H groups in total. The number of rotatable bonds is 4. The molecule has 90 valence electrons. The number of hydrogen-bond donors (Lipinski definition) is 1. The van der Waals surface area contributed by atoms with Crippen molar-refractivity contribution in [1.82, 2.24) is 0 Å². The first-order chi connectivity index (χ1) is 7.45. The van der Waals surface area contributed by atoms with E-state index in [4.69, 9.17) is 19.9 Å². The highest BCUT2D eigenvalue weighted by molar-refractivity contribution is 5.56. The molecule has 1 rings (SSSR count). The lowest BCUT2D eigenvalue weighted by atomic mass is 9.93. The largest absolute Gasteiger partial charge is 0.496 e. The summed E-state index contributed by atoms with van der Waals surface area (Å²) in [7, 11) is 4.79. The molecule has 0 saturated heterocycles. The zero-order valence-electron chi connectivity index (χ0n) is 10.5. The third-order valence-corrected chi connectivity index (χ3v) is 2.37. The first-order valence-electron chi connectivity index (χ1n) is 5.04. The van der Waals surface area contributed by atoms with Gasteiger partial charge >= 0.3 is 0 Å². The fourth-order valence-corrected chi connectivity index (χ4v) is 1.69. The quantitative estimate of drug-likeness (QED) is 0.850. The molecule has 0 aromatic heterocycles. The number of nitrogens with two attached hydrogens (primary N) is 1. The van der Waals surface area contributed by atoms with Gasteiger partial charge < -0.3 is 19.9 Å². The molecule has 0 amide bonds. The van der Waals surface area contributed by atoms with Crippen molar-refractivity contribution in [1.29, 1.82) is 0 Å². The van der Waals surface area contributed by atoms with Gasteiger partial charge in [-0.25, -0.2) is 0 Å². The van der Waals surface area contributed by atoms with Crippen molar-refractivity contribution < 1.29 is 14.2 Å². The Morgan fingerprint density at radius 3 is 1.81 bits per heavy atom. The highest BCUT2D eigenvalue weighted by atomic mass is 16.5. The van der Waals surface area contributed by atoms with Crippen molar-refractivity contribution in [3.8, 4) is 17.2 Å².